The van der Waals surface area contributed by atoms with Crippen LogP contribution in [-0.4, -0.2) is 38.1 Å². The fourth-order valence-electron chi connectivity index (χ4n) is 3.19. The lowest BCUT2D eigenvalue weighted by Gasteiger charge is -2.07. The number of nitrogens with zero attached hydrogens (tertiary/aromatic N) is 4. The van der Waals surface area contributed by atoms with Gasteiger partial charge in [0.1, 0.15) is 5.52 Å². The molecule has 0 amide bonds. The summed E-state index contributed by atoms with van der Waals surface area (Å²) in [5.74, 6) is -0.105. The van der Waals surface area contributed by atoms with Gasteiger partial charge in [-0.1, -0.05) is 60.3 Å². The highest BCUT2D eigenvalue weighted by Gasteiger charge is 2.15. The van der Waals surface area contributed by atoms with E-state index in [0.717, 1.165) is 35.0 Å². The third-order valence-corrected chi connectivity index (χ3v) is 5.26. The van der Waals surface area contributed by atoms with E-state index in [2.05, 4.69) is 45.1 Å². The van der Waals surface area contributed by atoms with Crippen LogP contribution in [0.3, 0.4) is 0 Å². The lowest BCUT2D eigenvalue weighted by atomic mass is 10.1. The van der Waals surface area contributed by atoms with Crippen LogP contribution in [0.15, 0.2) is 59.8 Å². The monoisotopic (exact) mass is 392 g/mol. The summed E-state index contributed by atoms with van der Waals surface area (Å²) < 4.78 is 7.15. The Morgan fingerprint density at radius 2 is 1.86 bits per heavy atom. The average Bonchev–Trinajstić information content (AvgIpc) is 3.05. The Morgan fingerprint density at radius 1 is 1.07 bits per heavy atom. The van der Waals surface area contributed by atoms with Crippen molar-refractivity contribution in [3.63, 3.8) is 0 Å². The Labute approximate surface area is 166 Å². The average molecular weight is 392 g/mol. The van der Waals surface area contributed by atoms with Crippen LogP contribution in [0.25, 0.3) is 22.1 Å². The number of hydrogen-bond acceptors (Lipinski definition) is 6. The van der Waals surface area contributed by atoms with Crippen LogP contribution in [-0.2, 0) is 22.5 Å². The van der Waals surface area contributed by atoms with Crippen LogP contribution in [0.5, 0.6) is 0 Å². The summed E-state index contributed by atoms with van der Waals surface area (Å²) in [4.78, 5) is 16.3. The molecule has 0 saturated heterocycles. The minimum atomic E-state index is -0.277. The largest absolute Gasteiger partial charge is 0.465 e. The standard InChI is InChI=1S/C21H20N4O2S/c1-2-27-18(26)14-28-21-22-20-19(23-24-21)16-10-6-7-11-17(16)25(20)13-12-15-8-4-3-5-9-15/h3-11H,2,12-14H2,1H3. The van der Waals surface area contributed by atoms with Gasteiger partial charge in [-0.2, -0.15) is 0 Å². The topological polar surface area (TPSA) is 69.9 Å². The number of carbonyl (C=O) groups is 1. The Bertz CT molecular complexity index is 1110. The second-order valence-corrected chi connectivity index (χ2v) is 7.21. The van der Waals surface area contributed by atoms with Gasteiger partial charge in [0.15, 0.2) is 5.65 Å². The summed E-state index contributed by atoms with van der Waals surface area (Å²) in [6.45, 7) is 2.94. The van der Waals surface area contributed by atoms with Crippen LogP contribution in [0.1, 0.15) is 12.5 Å². The second kappa shape index (κ2) is 8.39. The number of benzene rings is 2. The molecule has 0 bridgehead atoms. The van der Waals surface area contributed by atoms with E-state index < -0.39 is 0 Å². The molecule has 0 N–H and O–H groups in total. The SMILES string of the molecule is CCOC(=O)CSc1nnc2c3ccccc3n(CCc3ccccc3)c2n1. The highest BCUT2D eigenvalue weighted by atomic mass is 32.2. The zero-order chi connectivity index (χ0) is 19.3. The molecule has 0 aliphatic carbocycles. The third kappa shape index (κ3) is 3.84. The van der Waals surface area contributed by atoms with Gasteiger partial charge < -0.3 is 9.30 Å². The smallest absolute Gasteiger partial charge is 0.316 e. The molecule has 142 valence electrons. The molecular formula is C21H20N4O2S. The molecule has 4 aromatic rings. The third-order valence-electron chi connectivity index (χ3n) is 4.45. The first-order valence-electron chi connectivity index (χ1n) is 9.20. The molecule has 0 radical (unpaired) electrons. The van der Waals surface area contributed by atoms with Gasteiger partial charge in [0.25, 0.3) is 0 Å². The summed E-state index contributed by atoms with van der Waals surface area (Å²) in [7, 11) is 0. The van der Waals surface area contributed by atoms with Crippen molar-refractivity contribution in [3.8, 4) is 0 Å². The van der Waals surface area contributed by atoms with Crippen LogP contribution in [0, 0.1) is 0 Å². The molecule has 0 saturated carbocycles. The maximum Gasteiger partial charge on any atom is 0.316 e. The summed E-state index contributed by atoms with van der Waals surface area (Å²) in [5.41, 5.74) is 3.93. The van der Waals surface area contributed by atoms with Gasteiger partial charge in [-0.25, -0.2) is 4.98 Å². The summed E-state index contributed by atoms with van der Waals surface area (Å²) in [5, 5.41) is 10.1. The molecule has 2 heterocycles. The number of esters is 1. The first-order chi connectivity index (χ1) is 13.8. The minimum Gasteiger partial charge on any atom is -0.465 e. The van der Waals surface area contributed by atoms with Crippen molar-refractivity contribution in [3.05, 3.63) is 60.2 Å². The van der Waals surface area contributed by atoms with Crippen LogP contribution in [0.2, 0.25) is 0 Å². The number of aromatic nitrogens is 4. The Morgan fingerprint density at radius 3 is 2.68 bits per heavy atom. The van der Waals surface area contributed by atoms with E-state index in [1.165, 1.54) is 17.3 Å². The van der Waals surface area contributed by atoms with Crippen molar-refractivity contribution in [2.24, 2.45) is 0 Å². The van der Waals surface area contributed by atoms with Crippen molar-refractivity contribution in [1.82, 2.24) is 19.7 Å². The first-order valence-corrected chi connectivity index (χ1v) is 10.2. The van der Waals surface area contributed by atoms with Gasteiger partial charge in [0.05, 0.1) is 17.9 Å². The Kier molecular flexibility index (Phi) is 5.53. The quantitative estimate of drug-likeness (QED) is 0.351. The van der Waals surface area contributed by atoms with E-state index in [9.17, 15) is 4.79 Å². The summed E-state index contributed by atoms with van der Waals surface area (Å²) in [6, 6.07) is 18.5. The number of fused-ring (bicyclic) bond motifs is 3. The van der Waals surface area contributed by atoms with Gasteiger partial charge >= 0.3 is 5.97 Å². The molecule has 28 heavy (non-hydrogen) atoms. The number of ether oxygens (including phenoxy) is 1. The molecule has 6 nitrogen and oxygen atoms in total. The maximum atomic E-state index is 11.6. The van der Waals surface area contributed by atoms with Crippen molar-refractivity contribution < 1.29 is 9.53 Å². The Hall–Kier alpha value is -2.93. The van der Waals surface area contributed by atoms with Gasteiger partial charge in [0.2, 0.25) is 5.16 Å². The molecule has 0 aliphatic heterocycles. The first kappa shape index (κ1) is 18.4. The summed E-state index contributed by atoms with van der Waals surface area (Å²) >= 11 is 1.24. The van der Waals surface area contributed by atoms with Crippen LogP contribution >= 0.6 is 11.8 Å². The van der Waals surface area contributed by atoms with Crippen LogP contribution in [0.4, 0.5) is 0 Å². The lowest BCUT2D eigenvalue weighted by molar-refractivity contribution is -0.139. The lowest BCUT2D eigenvalue weighted by Crippen LogP contribution is -2.08. The van der Waals surface area contributed by atoms with Crippen LogP contribution < -0.4 is 0 Å². The van der Waals surface area contributed by atoms with Gasteiger partial charge in [-0.05, 0) is 25.0 Å². The number of thioether (sulfide) groups is 1. The van der Waals surface area contributed by atoms with Gasteiger partial charge in [-0.15, -0.1) is 10.2 Å². The molecule has 7 heteroatoms. The molecule has 0 unspecified atom stereocenters. The zero-order valence-electron chi connectivity index (χ0n) is 15.5. The molecule has 2 aromatic carbocycles. The molecular weight excluding hydrogens is 372 g/mol. The fourth-order valence-corrected chi connectivity index (χ4v) is 3.77. The maximum absolute atomic E-state index is 11.6. The van der Waals surface area contributed by atoms with Crippen molar-refractivity contribution in [1.29, 1.82) is 0 Å². The molecule has 0 fully saturated rings. The predicted molar refractivity (Wildman–Crippen MR) is 110 cm³/mol. The van der Waals surface area contributed by atoms with E-state index >= 15 is 0 Å². The Balaban J connectivity index is 1.68. The van der Waals surface area contributed by atoms with Gasteiger partial charge in [-0.3, -0.25) is 4.79 Å². The molecule has 2 aromatic heterocycles. The highest BCUT2D eigenvalue weighted by Crippen LogP contribution is 2.27. The van der Waals surface area contributed by atoms with E-state index in [0.29, 0.717) is 11.8 Å². The minimum absolute atomic E-state index is 0.172. The molecule has 0 aliphatic rings. The number of carbonyl (C=O) groups excluding carboxylic acids is 1. The normalized spacial score (nSPS) is 11.2. The zero-order valence-corrected chi connectivity index (χ0v) is 16.4. The van der Waals surface area contributed by atoms with E-state index in [1.54, 1.807) is 6.92 Å². The van der Waals surface area contributed by atoms with Crippen molar-refractivity contribution >= 4 is 39.8 Å². The van der Waals surface area contributed by atoms with Crippen molar-refractivity contribution in [2.75, 3.05) is 12.4 Å². The number of aryl methyl sites for hydroxylation is 2. The number of rotatable bonds is 7. The number of hydrogen-bond donors (Lipinski definition) is 0. The highest BCUT2D eigenvalue weighted by molar-refractivity contribution is 7.99. The fraction of sp³-hybridized carbons (Fsp3) is 0.238. The van der Waals surface area contributed by atoms with E-state index in [-0.39, 0.29) is 11.7 Å². The van der Waals surface area contributed by atoms with Crippen molar-refractivity contribution in [2.45, 2.75) is 25.0 Å². The molecule has 0 atom stereocenters. The van der Waals surface area contributed by atoms with Gasteiger partial charge in [0, 0.05) is 11.9 Å². The number of para-hydroxylation sites is 1. The predicted octanol–water partition coefficient (Wildman–Crippen LogP) is 3.88. The molecule has 4 rings (SSSR count). The van der Waals surface area contributed by atoms with E-state index in [4.69, 9.17) is 9.72 Å². The summed E-state index contributed by atoms with van der Waals surface area (Å²) in [6.07, 6.45) is 0.893. The second-order valence-electron chi connectivity index (χ2n) is 6.26. The van der Waals surface area contributed by atoms with E-state index in [1.807, 2.05) is 24.3 Å². The molecule has 0 spiro atoms.